The summed E-state index contributed by atoms with van der Waals surface area (Å²) in [6.45, 7) is 0. The molecule has 164 valence electrons. The Morgan fingerprint density at radius 3 is 2.53 bits per heavy atom. The zero-order chi connectivity index (χ0) is 23.0. The fraction of sp³-hybridized carbons (Fsp3) is 0.136. The molecular weight excluding hydrogens is 460 g/mol. The van der Waals surface area contributed by atoms with Gasteiger partial charge in [0, 0.05) is 12.0 Å². The molecule has 0 aliphatic carbocycles. The smallest absolute Gasteiger partial charge is 0.265 e. The second kappa shape index (κ2) is 8.36. The van der Waals surface area contributed by atoms with Gasteiger partial charge in [-0.1, -0.05) is 18.2 Å². The topological polar surface area (TPSA) is 88.6 Å². The Morgan fingerprint density at radius 1 is 1.06 bits per heavy atom. The number of carbonyl (C=O) groups is 3. The summed E-state index contributed by atoms with van der Waals surface area (Å²) in [6, 6.07) is 9.93. The van der Waals surface area contributed by atoms with E-state index in [1.807, 2.05) is 0 Å². The number of thiophene rings is 1. The van der Waals surface area contributed by atoms with Crippen molar-refractivity contribution in [3.63, 3.8) is 0 Å². The van der Waals surface area contributed by atoms with Crippen LogP contribution in [0.1, 0.15) is 21.5 Å². The highest BCUT2D eigenvalue weighted by Crippen LogP contribution is 2.29. The second-order valence-electron chi connectivity index (χ2n) is 7.20. The fourth-order valence-corrected chi connectivity index (χ4v) is 5.80. The lowest BCUT2D eigenvalue weighted by atomic mass is 9.97. The Morgan fingerprint density at radius 2 is 1.84 bits per heavy atom. The van der Waals surface area contributed by atoms with E-state index in [1.54, 1.807) is 11.4 Å². The third-order valence-corrected chi connectivity index (χ3v) is 8.07. The van der Waals surface area contributed by atoms with E-state index in [4.69, 9.17) is 0 Å². The predicted molar refractivity (Wildman–Crippen MR) is 113 cm³/mol. The Bertz CT molecular complexity index is 1350. The fourth-order valence-electron chi connectivity index (χ4n) is 3.47. The van der Waals surface area contributed by atoms with Crippen molar-refractivity contribution in [1.82, 2.24) is 0 Å². The van der Waals surface area contributed by atoms with Gasteiger partial charge in [-0.15, -0.1) is 11.3 Å². The molecule has 0 radical (unpaired) electrons. The number of imide groups is 1. The molecule has 1 aliphatic heterocycles. The molecular formula is C22H15F2NO5S2. The van der Waals surface area contributed by atoms with E-state index in [0.717, 1.165) is 29.5 Å². The van der Waals surface area contributed by atoms with E-state index in [0.29, 0.717) is 10.5 Å². The molecule has 2 heterocycles. The number of amides is 2. The number of nitrogens with zero attached hydrogens (tertiary/aromatic N) is 1. The molecule has 2 amide bonds. The first-order chi connectivity index (χ1) is 15.2. The lowest BCUT2D eigenvalue weighted by molar-refractivity contribution is -0.118. The normalized spacial score (nSPS) is 13.9. The third-order valence-electron chi connectivity index (χ3n) is 4.90. The number of carbonyl (C=O) groups excluding carboxylic acids is 3. The molecule has 0 fully saturated rings. The number of ketones is 1. The first-order valence-electron chi connectivity index (χ1n) is 9.38. The second-order valence-corrected chi connectivity index (χ2v) is 10.4. The lowest BCUT2D eigenvalue weighted by Gasteiger charge is -2.27. The van der Waals surface area contributed by atoms with Crippen LogP contribution in [0.2, 0.25) is 0 Å². The van der Waals surface area contributed by atoms with Crippen LogP contribution in [-0.4, -0.2) is 31.8 Å². The molecule has 0 atom stereocenters. The van der Waals surface area contributed by atoms with Gasteiger partial charge in [-0.05, 0) is 46.8 Å². The van der Waals surface area contributed by atoms with E-state index in [2.05, 4.69) is 0 Å². The number of sulfone groups is 1. The van der Waals surface area contributed by atoms with Crippen LogP contribution in [0.4, 0.5) is 14.5 Å². The van der Waals surface area contributed by atoms with Gasteiger partial charge in [-0.25, -0.2) is 22.1 Å². The Balaban J connectivity index is 1.54. The number of rotatable bonds is 6. The van der Waals surface area contributed by atoms with Gasteiger partial charge < -0.3 is 0 Å². The van der Waals surface area contributed by atoms with Crippen molar-refractivity contribution in [2.24, 2.45) is 0 Å². The Kier molecular flexibility index (Phi) is 5.74. The minimum Gasteiger partial charge on any atom is -0.298 e. The highest BCUT2D eigenvalue weighted by atomic mass is 32.2. The van der Waals surface area contributed by atoms with E-state index in [9.17, 15) is 31.6 Å². The number of Topliss-reactive ketones (excluding diaryl/α,β-unsaturated/α-hetero) is 1. The highest BCUT2D eigenvalue weighted by molar-refractivity contribution is 7.94. The summed E-state index contributed by atoms with van der Waals surface area (Å²) in [7, 11) is -3.77. The van der Waals surface area contributed by atoms with Gasteiger partial charge in [0.25, 0.3) is 5.91 Å². The maximum atomic E-state index is 14.8. The van der Waals surface area contributed by atoms with Gasteiger partial charge in [-0.3, -0.25) is 14.4 Å². The predicted octanol–water partition coefficient (Wildman–Crippen LogP) is 3.34. The van der Waals surface area contributed by atoms with E-state index in [1.165, 1.54) is 24.3 Å². The third kappa shape index (κ3) is 4.23. The van der Waals surface area contributed by atoms with E-state index in [-0.39, 0.29) is 33.9 Å². The molecule has 0 saturated heterocycles. The average Bonchev–Trinajstić information content (AvgIpc) is 3.26. The summed E-state index contributed by atoms with van der Waals surface area (Å²) in [5, 5.41) is 1.58. The Labute approximate surface area is 186 Å². The molecule has 1 aromatic heterocycles. The maximum absolute atomic E-state index is 14.8. The van der Waals surface area contributed by atoms with E-state index < -0.39 is 44.8 Å². The molecule has 2 aromatic carbocycles. The highest BCUT2D eigenvalue weighted by Gasteiger charge is 2.34. The zero-order valence-electron chi connectivity index (χ0n) is 16.4. The van der Waals surface area contributed by atoms with Crippen molar-refractivity contribution in [3.05, 3.63) is 82.2 Å². The standard InChI is InChI=1S/C22H15F2NO5S2/c23-15-5-4-14-10-20(27)25(22(28)17(14)11-15)19-6-3-13(9-18(19)24)8-16(26)12-32(29,30)21-2-1-7-31-21/h1-7,9,11H,8,10,12H2. The largest absolute Gasteiger partial charge is 0.298 e. The molecule has 6 nitrogen and oxygen atoms in total. The molecule has 0 saturated carbocycles. The molecule has 0 unspecified atom stereocenters. The summed E-state index contributed by atoms with van der Waals surface area (Å²) < 4.78 is 52.9. The number of fused-ring (bicyclic) bond motifs is 1. The first-order valence-corrected chi connectivity index (χ1v) is 11.9. The molecule has 0 spiro atoms. The van der Waals surface area contributed by atoms with Gasteiger partial charge in [0.15, 0.2) is 15.6 Å². The van der Waals surface area contributed by atoms with Crippen LogP contribution in [0.25, 0.3) is 0 Å². The maximum Gasteiger partial charge on any atom is 0.265 e. The van der Waals surface area contributed by atoms with Gasteiger partial charge in [0.05, 0.1) is 12.1 Å². The van der Waals surface area contributed by atoms with E-state index >= 15 is 0 Å². The Hall–Kier alpha value is -3.24. The van der Waals surface area contributed by atoms with Gasteiger partial charge in [0.2, 0.25) is 5.91 Å². The summed E-state index contributed by atoms with van der Waals surface area (Å²) in [5.41, 5.74) is 0.201. The lowest BCUT2D eigenvalue weighted by Crippen LogP contribution is -2.43. The summed E-state index contributed by atoms with van der Waals surface area (Å²) in [6.07, 6.45) is -0.528. The number of halogens is 2. The summed E-state index contributed by atoms with van der Waals surface area (Å²) >= 11 is 1.00. The number of hydrogen-bond donors (Lipinski definition) is 0. The van der Waals surface area contributed by atoms with Crippen LogP contribution in [0.5, 0.6) is 0 Å². The minimum atomic E-state index is -3.77. The first kappa shape index (κ1) is 22.0. The van der Waals surface area contributed by atoms with Crippen molar-refractivity contribution in [2.45, 2.75) is 17.1 Å². The SMILES string of the molecule is O=C(Cc1ccc(N2C(=O)Cc3ccc(F)cc3C2=O)c(F)c1)CS(=O)(=O)c1cccs1. The van der Waals surface area contributed by atoms with Crippen molar-refractivity contribution in [2.75, 3.05) is 10.7 Å². The van der Waals surface area contributed by atoms with Crippen LogP contribution < -0.4 is 4.90 Å². The molecule has 1 aliphatic rings. The van der Waals surface area contributed by atoms with Crippen molar-refractivity contribution < 1.29 is 31.6 Å². The van der Waals surface area contributed by atoms with Crippen LogP contribution in [-0.2, 0) is 32.3 Å². The molecule has 0 N–H and O–H groups in total. The molecule has 32 heavy (non-hydrogen) atoms. The van der Waals surface area contributed by atoms with Crippen molar-refractivity contribution in [1.29, 1.82) is 0 Å². The summed E-state index contributed by atoms with van der Waals surface area (Å²) in [4.78, 5) is 38.1. The number of anilines is 1. The monoisotopic (exact) mass is 475 g/mol. The van der Waals surface area contributed by atoms with Crippen molar-refractivity contribution >= 4 is 44.5 Å². The van der Waals surface area contributed by atoms with Gasteiger partial charge in [-0.2, -0.15) is 0 Å². The number of benzene rings is 2. The van der Waals surface area contributed by atoms with Crippen molar-refractivity contribution in [3.8, 4) is 0 Å². The molecule has 3 aromatic rings. The molecule has 10 heteroatoms. The summed E-state index contributed by atoms with van der Waals surface area (Å²) in [5.74, 6) is -4.45. The molecule has 4 rings (SSSR count). The van der Waals surface area contributed by atoms with Crippen LogP contribution in [0.15, 0.2) is 58.1 Å². The van der Waals surface area contributed by atoms with Crippen LogP contribution >= 0.6 is 11.3 Å². The van der Waals surface area contributed by atoms with Gasteiger partial charge >= 0.3 is 0 Å². The van der Waals surface area contributed by atoms with Gasteiger partial charge in [0.1, 0.15) is 21.6 Å². The van der Waals surface area contributed by atoms with Crippen LogP contribution in [0, 0.1) is 11.6 Å². The quantitative estimate of drug-likeness (QED) is 0.511. The molecule has 0 bridgehead atoms. The average molecular weight is 475 g/mol. The van der Waals surface area contributed by atoms with Crippen LogP contribution in [0.3, 0.4) is 0 Å². The minimum absolute atomic E-state index is 0.0259. The zero-order valence-corrected chi connectivity index (χ0v) is 18.0. The number of hydrogen-bond acceptors (Lipinski definition) is 6.